The van der Waals surface area contributed by atoms with Crippen LogP contribution in [-0.2, 0) is 11.3 Å². The smallest absolute Gasteiger partial charge is 0.237 e. The van der Waals surface area contributed by atoms with Crippen LogP contribution in [0.5, 0.6) is 5.75 Å². The molecule has 110 valence electrons. The molecule has 1 amide bonds. The fourth-order valence-electron chi connectivity index (χ4n) is 1.88. The summed E-state index contributed by atoms with van der Waals surface area (Å²) in [6.07, 6.45) is 2.43. The Kier molecular flexibility index (Phi) is 5.01. The van der Waals surface area contributed by atoms with Gasteiger partial charge in [-0.1, -0.05) is 12.1 Å². The minimum atomic E-state index is -0.165. The van der Waals surface area contributed by atoms with Crippen molar-refractivity contribution >= 4 is 5.91 Å². The van der Waals surface area contributed by atoms with Gasteiger partial charge >= 0.3 is 0 Å². The van der Waals surface area contributed by atoms with Gasteiger partial charge < -0.3 is 15.4 Å². The van der Waals surface area contributed by atoms with E-state index in [-0.39, 0.29) is 18.1 Å². The minimum absolute atomic E-state index is 0.0901. The van der Waals surface area contributed by atoms with Gasteiger partial charge in [-0.25, -0.2) is 0 Å². The molecule has 0 aliphatic heterocycles. The summed E-state index contributed by atoms with van der Waals surface area (Å²) in [5, 5.41) is 6.24. The normalized spacial score (nSPS) is 16.0. The van der Waals surface area contributed by atoms with Gasteiger partial charge in [0.2, 0.25) is 5.91 Å². The van der Waals surface area contributed by atoms with Gasteiger partial charge in [0.25, 0.3) is 0 Å². The molecule has 0 spiro atoms. The van der Waals surface area contributed by atoms with E-state index in [1.807, 2.05) is 45.0 Å². The van der Waals surface area contributed by atoms with Crippen molar-refractivity contribution in [1.29, 1.82) is 0 Å². The zero-order chi connectivity index (χ0) is 14.5. The predicted molar refractivity (Wildman–Crippen MR) is 79.7 cm³/mol. The van der Waals surface area contributed by atoms with Crippen molar-refractivity contribution in [3.05, 3.63) is 29.8 Å². The first kappa shape index (κ1) is 14.9. The van der Waals surface area contributed by atoms with Gasteiger partial charge in [-0.3, -0.25) is 4.79 Å². The van der Waals surface area contributed by atoms with Crippen LogP contribution in [0.1, 0.15) is 39.2 Å². The molecule has 1 aliphatic carbocycles. The molecule has 0 radical (unpaired) electrons. The maximum Gasteiger partial charge on any atom is 0.237 e. The topological polar surface area (TPSA) is 50.4 Å². The number of nitrogens with one attached hydrogen (secondary N) is 2. The molecule has 1 saturated carbocycles. The van der Waals surface area contributed by atoms with Gasteiger partial charge in [-0.15, -0.1) is 0 Å². The molecule has 4 heteroatoms. The van der Waals surface area contributed by atoms with Crippen LogP contribution in [0.4, 0.5) is 0 Å². The maximum absolute atomic E-state index is 11.8. The monoisotopic (exact) mass is 276 g/mol. The Morgan fingerprint density at radius 2 is 1.90 bits per heavy atom. The third-order valence-electron chi connectivity index (χ3n) is 3.22. The second-order valence-electron chi connectivity index (χ2n) is 5.70. The van der Waals surface area contributed by atoms with Gasteiger partial charge in [0.05, 0.1) is 12.1 Å². The number of hydrogen-bond donors (Lipinski definition) is 2. The quantitative estimate of drug-likeness (QED) is 0.803. The van der Waals surface area contributed by atoms with Crippen LogP contribution in [0.3, 0.4) is 0 Å². The predicted octanol–water partition coefficient (Wildman–Crippen LogP) is 2.23. The lowest BCUT2D eigenvalue weighted by Crippen LogP contribution is -2.42. The van der Waals surface area contributed by atoms with E-state index in [1.165, 1.54) is 0 Å². The number of carbonyl (C=O) groups is 1. The molecule has 4 nitrogen and oxygen atoms in total. The van der Waals surface area contributed by atoms with Crippen molar-refractivity contribution in [2.75, 3.05) is 0 Å². The third-order valence-corrected chi connectivity index (χ3v) is 3.22. The lowest BCUT2D eigenvalue weighted by atomic mass is 10.2. The Bertz CT molecular complexity index is 438. The fourth-order valence-corrected chi connectivity index (χ4v) is 1.88. The van der Waals surface area contributed by atoms with Crippen molar-refractivity contribution in [2.24, 2.45) is 0 Å². The van der Waals surface area contributed by atoms with Crippen LogP contribution < -0.4 is 15.4 Å². The molecule has 1 aromatic carbocycles. The summed E-state index contributed by atoms with van der Waals surface area (Å²) in [5.74, 6) is 0.968. The summed E-state index contributed by atoms with van der Waals surface area (Å²) in [6.45, 7) is 6.60. The third kappa shape index (κ3) is 4.85. The van der Waals surface area contributed by atoms with Gasteiger partial charge in [0.15, 0.2) is 0 Å². The Labute approximate surface area is 120 Å². The van der Waals surface area contributed by atoms with E-state index in [0.29, 0.717) is 12.6 Å². The minimum Gasteiger partial charge on any atom is -0.491 e. The first-order chi connectivity index (χ1) is 9.54. The van der Waals surface area contributed by atoms with Crippen molar-refractivity contribution in [1.82, 2.24) is 10.6 Å². The Morgan fingerprint density at radius 1 is 1.25 bits per heavy atom. The first-order valence-electron chi connectivity index (χ1n) is 7.34. The van der Waals surface area contributed by atoms with E-state index in [2.05, 4.69) is 10.6 Å². The second-order valence-corrected chi connectivity index (χ2v) is 5.70. The lowest BCUT2D eigenvalue weighted by Gasteiger charge is -2.14. The molecule has 0 heterocycles. The van der Waals surface area contributed by atoms with E-state index < -0.39 is 0 Å². The summed E-state index contributed by atoms with van der Waals surface area (Å²) in [4.78, 5) is 11.8. The van der Waals surface area contributed by atoms with E-state index in [1.54, 1.807) is 0 Å². The molecule has 1 fully saturated rings. The largest absolute Gasteiger partial charge is 0.491 e. The molecule has 0 saturated heterocycles. The molecule has 0 bridgehead atoms. The molecule has 1 unspecified atom stereocenters. The van der Waals surface area contributed by atoms with Crippen molar-refractivity contribution in [3.8, 4) is 5.75 Å². The average Bonchev–Trinajstić information content (AvgIpc) is 3.20. The first-order valence-corrected chi connectivity index (χ1v) is 7.34. The maximum atomic E-state index is 11.8. The summed E-state index contributed by atoms with van der Waals surface area (Å²) in [6, 6.07) is 8.23. The molecule has 1 aliphatic rings. The van der Waals surface area contributed by atoms with Crippen molar-refractivity contribution in [2.45, 2.75) is 58.3 Å². The molecular weight excluding hydrogens is 252 g/mol. The molecule has 2 N–H and O–H groups in total. The van der Waals surface area contributed by atoms with Gasteiger partial charge in [0, 0.05) is 12.6 Å². The van der Waals surface area contributed by atoms with Crippen LogP contribution in [0.25, 0.3) is 0 Å². The van der Waals surface area contributed by atoms with Gasteiger partial charge in [0.1, 0.15) is 5.75 Å². The van der Waals surface area contributed by atoms with Crippen LogP contribution in [0.15, 0.2) is 24.3 Å². The Balaban J connectivity index is 1.76. The number of hydrogen-bond acceptors (Lipinski definition) is 3. The fraction of sp³-hybridized carbons (Fsp3) is 0.562. The van der Waals surface area contributed by atoms with E-state index in [4.69, 9.17) is 4.74 Å². The van der Waals surface area contributed by atoms with Crippen molar-refractivity contribution in [3.63, 3.8) is 0 Å². The standard InChI is InChI=1S/C16H24N2O2/c1-11(2)20-15-8-4-13(5-9-15)10-17-12(3)16(19)18-14-6-7-14/h4-5,8-9,11-12,14,17H,6-7,10H2,1-3H3,(H,18,19). The van der Waals surface area contributed by atoms with Gasteiger partial charge in [-0.2, -0.15) is 0 Å². The Hall–Kier alpha value is -1.55. The Morgan fingerprint density at radius 3 is 2.45 bits per heavy atom. The van der Waals surface area contributed by atoms with E-state index in [0.717, 1.165) is 24.2 Å². The second kappa shape index (κ2) is 6.75. The highest BCUT2D eigenvalue weighted by Gasteiger charge is 2.25. The number of rotatable bonds is 7. The van der Waals surface area contributed by atoms with Crippen LogP contribution in [-0.4, -0.2) is 24.1 Å². The SMILES string of the molecule is CC(C)Oc1ccc(CNC(C)C(=O)NC2CC2)cc1. The molecule has 1 atom stereocenters. The molecule has 0 aromatic heterocycles. The summed E-state index contributed by atoms with van der Waals surface area (Å²) in [5.41, 5.74) is 1.15. The molecule has 20 heavy (non-hydrogen) atoms. The summed E-state index contributed by atoms with van der Waals surface area (Å²) < 4.78 is 5.60. The zero-order valence-corrected chi connectivity index (χ0v) is 12.5. The highest BCUT2D eigenvalue weighted by molar-refractivity contribution is 5.81. The number of ether oxygens (including phenoxy) is 1. The highest BCUT2D eigenvalue weighted by atomic mass is 16.5. The number of carbonyl (C=O) groups excluding carboxylic acids is 1. The van der Waals surface area contributed by atoms with Crippen molar-refractivity contribution < 1.29 is 9.53 Å². The molecule has 2 rings (SSSR count). The number of amides is 1. The lowest BCUT2D eigenvalue weighted by molar-refractivity contribution is -0.122. The summed E-state index contributed by atoms with van der Waals surface area (Å²) >= 11 is 0. The number of benzene rings is 1. The van der Waals surface area contributed by atoms with Crippen LogP contribution >= 0.6 is 0 Å². The molecular formula is C16H24N2O2. The average molecular weight is 276 g/mol. The van der Waals surface area contributed by atoms with Gasteiger partial charge in [-0.05, 0) is 51.3 Å². The summed E-state index contributed by atoms with van der Waals surface area (Å²) in [7, 11) is 0. The van der Waals surface area contributed by atoms with Crippen LogP contribution in [0.2, 0.25) is 0 Å². The highest BCUT2D eigenvalue weighted by Crippen LogP contribution is 2.18. The van der Waals surface area contributed by atoms with Crippen LogP contribution in [0, 0.1) is 0 Å². The van der Waals surface area contributed by atoms with E-state index in [9.17, 15) is 4.79 Å². The molecule has 1 aromatic rings. The zero-order valence-electron chi connectivity index (χ0n) is 12.5. The van der Waals surface area contributed by atoms with E-state index >= 15 is 0 Å².